The van der Waals surface area contributed by atoms with Gasteiger partial charge in [-0.15, -0.1) is 0 Å². The van der Waals surface area contributed by atoms with E-state index < -0.39 is 0 Å². The minimum absolute atomic E-state index is 0.477. The van der Waals surface area contributed by atoms with E-state index in [0.717, 1.165) is 5.11 Å². The molecule has 1 heterocycles. The van der Waals surface area contributed by atoms with Gasteiger partial charge in [0.15, 0.2) is 5.11 Å². The van der Waals surface area contributed by atoms with E-state index in [2.05, 4.69) is 31.0 Å². The molecule has 0 radical (unpaired) electrons. The Hall–Kier alpha value is -0.310. The highest BCUT2D eigenvalue weighted by Crippen LogP contribution is 2.52. The summed E-state index contributed by atoms with van der Waals surface area (Å²) < 4.78 is 0. The third-order valence-electron chi connectivity index (χ3n) is 5.61. The van der Waals surface area contributed by atoms with Crippen LogP contribution in [0.25, 0.3) is 0 Å². The van der Waals surface area contributed by atoms with E-state index >= 15 is 0 Å². The molecule has 0 unspecified atom stereocenters. The summed E-state index contributed by atoms with van der Waals surface area (Å²) in [6.45, 7) is 8.49. The molecule has 1 aliphatic heterocycles. The topological polar surface area (TPSA) is 15.3 Å². The summed E-state index contributed by atoms with van der Waals surface area (Å²) in [4.78, 5) is 2.53. The molecule has 0 aromatic rings. The van der Waals surface area contributed by atoms with Gasteiger partial charge in [0.05, 0.1) is 0 Å². The number of hydrogen-bond acceptors (Lipinski definition) is 1. The average molecular weight is 295 g/mol. The minimum Gasteiger partial charge on any atom is -0.360 e. The lowest BCUT2D eigenvalue weighted by Gasteiger charge is -2.39. The second-order valence-electron chi connectivity index (χ2n) is 8.63. The molecule has 3 aliphatic rings. The van der Waals surface area contributed by atoms with Gasteiger partial charge in [0.25, 0.3) is 0 Å². The van der Waals surface area contributed by atoms with E-state index in [1.165, 1.54) is 57.9 Å². The second-order valence-corrected chi connectivity index (χ2v) is 9.01. The van der Waals surface area contributed by atoms with Crippen LogP contribution in [0.1, 0.15) is 72.1 Å². The molecule has 3 fully saturated rings. The van der Waals surface area contributed by atoms with Gasteiger partial charge in [-0.3, -0.25) is 0 Å². The number of nitrogens with one attached hydrogen (secondary N) is 1. The summed E-state index contributed by atoms with van der Waals surface area (Å²) in [6.07, 6.45) is 10.7. The van der Waals surface area contributed by atoms with Crippen molar-refractivity contribution < 1.29 is 0 Å². The number of nitrogens with zero attached hydrogens (tertiary/aromatic N) is 1. The van der Waals surface area contributed by atoms with Gasteiger partial charge < -0.3 is 10.2 Å². The van der Waals surface area contributed by atoms with E-state index in [4.69, 9.17) is 12.2 Å². The summed E-state index contributed by atoms with van der Waals surface area (Å²) in [7, 11) is 0. The fraction of sp³-hybridized carbons (Fsp3) is 0.941. The van der Waals surface area contributed by atoms with Crippen molar-refractivity contribution in [3.63, 3.8) is 0 Å². The Morgan fingerprint density at radius 3 is 2.50 bits per heavy atom. The van der Waals surface area contributed by atoms with Crippen molar-refractivity contribution in [2.24, 2.45) is 10.8 Å². The SMILES string of the molecule is CC1(C)C[C@H]2C[C@](C)(CN2C(=S)NC2CCCCC2)C1. The number of likely N-dealkylation sites (tertiary alicyclic amines) is 1. The van der Waals surface area contributed by atoms with Gasteiger partial charge in [-0.2, -0.15) is 0 Å². The maximum absolute atomic E-state index is 5.76. The molecule has 0 spiro atoms. The first kappa shape index (κ1) is 14.6. The molecule has 3 rings (SSSR count). The van der Waals surface area contributed by atoms with Gasteiger partial charge in [-0.25, -0.2) is 0 Å². The van der Waals surface area contributed by atoms with E-state index in [1.54, 1.807) is 0 Å². The second kappa shape index (κ2) is 5.15. The number of rotatable bonds is 1. The van der Waals surface area contributed by atoms with Crippen molar-refractivity contribution in [1.82, 2.24) is 10.2 Å². The molecule has 2 aliphatic carbocycles. The Bertz CT molecular complexity index is 386. The molecular formula is C17H30N2S. The monoisotopic (exact) mass is 294 g/mol. The fourth-order valence-corrected chi connectivity index (χ4v) is 5.58. The zero-order chi connectivity index (χ0) is 14.4. The Morgan fingerprint density at radius 2 is 1.80 bits per heavy atom. The third kappa shape index (κ3) is 2.98. The molecule has 3 heteroatoms. The molecule has 0 aromatic heterocycles. The zero-order valence-corrected chi connectivity index (χ0v) is 14.2. The van der Waals surface area contributed by atoms with Gasteiger partial charge in [0.1, 0.15) is 0 Å². The predicted molar refractivity (Wildman–Crippen MR) is 88.8 cm³/mol. The van der Waals surface area contributed by atoms with Gasteiger partial charge in [0, 0.05) is 18.6 Å². The summed E-state index contributed by atoms with van der Waals surface area (Å²) >= 11 is 5.76. The van der Waals surface area contributed by atoms with Crippen molar-refractivity contribution in [2.75, 3.05) is 6.54 Å². The predicted octanol–water partition coefficient (Wildman–Crippen LogP) is 4.09. The summed E-state index contributed by atoms with van der Waals surface area (Å²) in [5, 5.41) is 4.72. The normalized spacial score (nSPS) is 37.0. The lowest BCUT2D eigenvalue weighted by Crippen LogP contribution is -2.47. The molecule has 0 aromatic carbocycles. The Kier molecular flexibility index (Phi) is 3.77. The highest BCUT2D eigenvalue weighted by molar-refractivity contribution is 7.80. The molecule has 20 heavy (non-hydrogen) atoms. The van der Waals surface area contributed by atoms with Crippen LogP contribution < -0.4 is 5.32 Å². The van der Waals surface area contributed by atoms with E-state index in [0.29, 0.717) is 22.9 Å². The van der Waals surface area contributed by atoms with E-state index in [1.807, 2.05) is 0 Å². The minimum atomic E-state index is 0.477. The van der Waals surface area contributed by atoms with Gasteiger partial charge in [0.2, 0.25) is 0 Å². The van der Waals surface area contributed by atoms with Crippen LogP contribution in [-0.2, 0) is 0 Å². The molecule has 1 N–H and O–H groups in total. The van der Waals surface area contributed by atoms with Gasteiger partial charge in [-0.1, -0.05) is 40.0 Å². The number of thiocarbonyl (C=S) groups is 1. The Morgan fingerprint density at radius 1 is 1.10 bits per heavy atom. The van der Waals surface area contributed by atoms with E-state index in [9.17, 15) is 0 Å². The average Bonchev–Trinajstić information content (AvgIpc) is 2.60. The van der Waals surface area contributed by atoms with Crippen LogP contribution in [0.3, 0.4) is 0 Å². The highest BCUT2D eigenvalue weighted by atomic mass is 32.1. The van der Waals surface area contributed by atoms with Gasteiger partial charge >= 0.3 is 0 Å². The van der Waals surface area contributed by atoms with Crippen LogP contribution in [0.15, 0.2) is 0 Å². The molecule has 2 nitrogen and oxygen atoms in total. The summed E-state index contributed by atoms with van der Waals surface area (Å²) in [5.74, 6) is 0. The molecule has 2 saturated carbocycles. The van der Waals surface area contributed by atoms with Crippen molar-refractivity contribution in [2.45, 2.75) is 84.2 Å². The van der Waals surface area contributed by atoms with Gasteiger partial charge in [-0.05, 0) is 55.2 Å². The largest absolute Gasteiger partial charge is 0.360 e. The fourth-order valence-electron chi connectivity index (χ4n) is 5.20. The first-order valence-corrected chi connectivity index (χ1v) is 8.85. The third-order valence-corrected chi connectivity index (χ3v) is 5.96. The van der Waals surface area contributed by atoms with Crippen molar-refractivity contribution in [1.29, 1.82) is 0 Å². The van der Waals surface area contributed by atoms with Crippen LogP contribution >= 0.6 is 12.2 Å². The van der Waals surface area contributed by atoms with Crippen LogP contribution in [0.5, 0.6) is 0 Å². The molecular weight excluding hydrogens is 264 g/mol. The molecule has 114 valence electrons. The van der Waals surface area contributed by atoms with Crippen LogP contribution in [0.4, 0.5) is 0 Å². The maximum Gasteiger partial charge on any atom is 0.169 e. The zero-order valence-electron chi connectivity index (χ0n) is 13.4. The maximum atomic E-state index is 5.76. The van der Waals surface area contributed by atoms with Crippen LogP contribution in [0, 0.1) is 10.8 Å². The molecule has 2 bridgehead atoms. The highest BCUT2D eigenvalue weighted by Gasteiger charge is 2.50. The lowest BCUT2D eigenvalue weighted by molar-refractivity contribution is 0.132. The van der Waals surface area contributed by atoms with Crippen LogP contribution in [-0.4, -0.2) is 28.6 Å². The molecule has 2 atom stereocenters. The first-order valence-electron chi connectivity index (χ1n) is 8.44. The van der Waals surface area contributed by atoms with Crippen molar-refractivity contribution in [3.8, 4) is 0 Å². The smallest absolute Gasteiger partial charge is 0.169 e. The van der Waals surface area contributed by atoms with Crippen molar-refractivity contribution >= 4 is 17.3 Å². The van der Waals surface area contributed by atoms with Crippen molar-refractivity contribution in [3.05, 3.63) is 0 Å². The Balaban J connectivity index is 1.64. The molecule has 0 amide bonds. The summed E-state index contributed by atoms with van der Waals surface area (Å²) in [6, 6.07) is 1.31. The number of hydrogen-bond donors (Lipinski definition) is 1. The first-order chi connectivity index (χ1) is 9.37. The number of fused-ring (bicyclic) bond motifs is 2. The standard InChI is InChI=1S/C17H30N2S/c1-16(2)9-14-10-17(3,11-16)12-19(14)15(20)18-13-7-5-4-6-8-13/h13-14H,4-12H2,1-3H3,(H,18,20)/t14-,17-/m0/s1. The molecule has 1 saturated heterocycles. The summed E-state index contributed by atoms with van der Waals surface area (Å²) in [5.41, 5.74) is 0.956. The lowest BCUT2D eigenvalue weighted by atomic mass is 9.65. The van der Waals surface area contributed by atoms with Crippen LogP contribution in [0.2, 0.25) is 0 Å². The Labute approximate surface area is 129 Å². The quantitative estimate of drug-likeness (QED) is 0.733. The van der Waals surface area contributed by atoms with E-state index in [-0.39, 0.29) is 0 Å².